The van der Waals surface area contributed by atoms with Crippen LogP contribution in [-0.2, 0) is 17.3 Å². The van der Waals surface area contributed by atoms with Crippen molar-refractivity contribution in [2.24, 2.45) is 4.99 Å². The van der Waals surface area contributed by atoms with Crippen molar-refractivity contribution >= 4 is 40.7 Å². The average molecular weight is 464 g/mol. The molecule has 1 aromatic rings. The average Bonchev–Trinajstić information content (AvgIpc) is 2.60. The molecule has 0 radical (unpaired) electrons. The number of halogens is 1. The smallest absolute Gasteiger partial charge is 0.191 e. The zero-order valence-corrected chi connectivity index (χ0v) is 17.7. The first kappa shape index (κ1) is 21.3. The largest absolute Gasteiger partial charge is 0.357 e. The van der Waals surface area contributed by atoms with Crippen molar-refractivity contribution in [3.8, 4) is 0 Å². The van der Waals surface area contributed by atoms with Crippen LogP contribution >= 0.6 is 24.0 Å². The van der Waals surface area contributed by atoms with E-state index in [0.717, 1.165) is 49.6 Å². The molecule has 2 rings (SSSR count). The standard InChI is InChI=1S/C17H28N4OS.HI/c1-3-18-17(20-13-15-8-5-6-11-19-15)21-14-9-7-10-16(12-14)23(22)4-2;/h5-6,8,11,14,16H,3-4,7,9-10,12-13H2,1-2H3,(H2,18,20,21);1H. The van der Waals surface area contributed by atoms with Crippen molar-refractivity contribution in [3.63, 3.8) is 0 Å². The Kier molecular flexibility index (Phi) is 10.5. The normalized spacial score (nSPS) is 22.3. The molecule has 5 nitrogen and oxygen atoms in total. The molecule has 0 bridgehead atoms. The fraction of sp³-hybridized carbons (Fsp3) is 0.647. The molecule has 0 saturated heterocycles. The summed E-state index contributed by atoms with van der Waals surface area (Å²) in [6.45, 7) is 5.46. The summed E-state index contributed by atoms with van der Waals surface area (Å²) in [5.41, 5.74) is 0.957. The lowest BCUT2D eigenvalue weighted by atomic mass is 9.95. The molecule has 7 heteroatoms. The van der Waals surface area contributed by atoms with E-state index in [2.05, 4.69) is 27.5 Å². The molecule has 0 aliphatic heterocycles. The third-order valence-electron chi connectivity index (χ3n) is 4.09. The van der Waals surface area contributed by atoms with Gasteiger partial charge in [0.2, 0.25) is 0 Å². The highest BCUT2D eigenvalue weighted by Crippen LogP contribution is 2.22. The molecule has 3 unspecified atom stereocenters. The van der Waals surface area contributed by atoms with Crippen molar-refractivity contribution in [2.45, 2.75) is 57.4 Å². The molecule has 1 saturated carbocycles. The van der Waals surface area contributed by atoms with E-state index in [1.54, 1.807) is 6.20 Å². The van der Waals surface area contributed by atoms with Gasteiger partial charge in [0.1, 0.15) is 0 Å². The third kappa shape index (κ3) is 7.04. The van der Waals surface area contributed by atoms with Gasteiger partial charge in [-0.2, -0.15) is 0 Å². The van der Waals surface area contributed by atoms with Gasteiger partial charge < -0.3 is 10.6 Å². The molecule has 0 aromatic carbocycles. The second kappa shape index (κ2) is 11.8. The van der Waals surface area contributed by atoms with E-state index < -0.39 is 10.8 Å². The van der Waals surface area contributed by atoms with Crippen LogP contribution in [0.3, 0.4) is 0 Å². The first-order valence-corrected chi connectivity index (χ1v) is 9.93. The van der Waals surface area contributed by atoms with Crippen LogP contribution in [0.4, 0.5) is 0 Å². The van der Waals surface area contributed by atoms with Gasteiger partial charge in [-0.05, 0) is 38.3 Å². The number of hydrogen-bond donors (Lipinski definition) is 2. The lowest BCUT2D eigenvalue weighted by molar-refractivity contribution is 0.413. The van der Waals surface area contributed by atoms with Crippen LogP contribution < -0.4 is 10.6 Å². The lowest BCUT2D eigenvalue weighted by Gasteiger charge is -2.30. The molecule has 1 aliphatic rings. The van der Waals surface area contributed by atoms with Crippen molar-refractivity contribution in [3.05, 3.63) is 30.1 Å². The summed E-state index contributed by atoms with van der Waals surface area (Å²) >= 11 is 0. The topological polar surface area (TPSA) is 66.4 Å². The Morgan fingerprint density at radius 3 is 2.88 bits per heavy atom. The van der Waals surface area contributed by atoms with Gasteiger partial charge in [-0.3, -0.25) is 9.19 Å². The molecule has 1 aromatic heterocycles. The molecule has 0 amide bonds. The number of nitrogens with zero attached hydrogens (tertiary/aromatic N) is 2. The quantitative estimate of drug-likeness (QED) is 0.386. The minimum Gasteiger partial charge on any atom is -0.357 e. The summed E-state index contributed by atoms with van der Waals surface area (Å²) in [6.07, 6.45) is 6.09. The van der Waals surface area contributed by atoms with E-state index in [1.165, 1.54) is 0 Å². The van der Waals surface area contributed by atoms with E-state index >= 15 is 0 Å². The van der Waals surface area contributed by atoms with E-state index in [0.29, 0.717) is 17.8 Å². The summed E-state index contributed by atoms with van der Waals surface area (Å²) in [5, 5.41) is 7.13. The van der Waals surface area contributed by atoms with Gasteiger partial charge in [0, 0.05) is 40.6 Å². The third-order valence-corrected chi connectivity index (χ3v) is 5.83. The van der Waals surface area contributed by atoms with Crippen molar-refractivity contribution in [1.82, 2.24) is 15.6 Å². The second-order valence-corrected chi connectivity index (χ2v) is 7.82. The monoisotopic (exact) mass is 464 g/mol. The maximum atomic E-state index is 12.1. The van der Waals surface area contributed by atoms with Gasteiger partial charge in [0.15, 0.2) is 5.96 Å². The van der Waals surface area contributed by atoms with Crippen LogP contribution in [0.5, 0.6) is 0 Å². The molecule has 1 fully saturated rings. The lowest BCUT2D eigenvalue weighted by Crippen LogP contribution is -2.46. The number of rotatable bonds is 6. The predicted octanol–water partition coefficient (Wildman–Crippen LogP) is 2.83. The zero-order valence-electron chi connectivity index (χ0n) is 14.5. The SMILES string of the molecule is CCNC(=NCc1ccccn1)NC1CCCC(S(=O)CC)C1.I. The number of aliphatic imine (C=N–C) groups is 1. The summed E-state index contributed by atoms with van der Waals surface area (Å²) in [4.78, 5) is 8.93. The van der Waals surface area contributed by atoms with Crippen molar-refractivity contribution in [1.29, 1.82) is 0 Å². The highest BCUT2D eigenvalue weighted by Gasteiger charge is 2.25. The molecule has 3 atom stereocenters. The first-order chi connectivity index (χ1) is 11.2. The van der Waals surface area contributed by atoms with Crippen molar-refractivity contribution in [2.75, 3.05) is 12.3 Å². The fourth-order valence-corrected chi connectivity index (χ4v) is 4.26. The van der Waals surface area contributed by atoms with E-state index in [9.17, 15) is 4.21 Å². The van der Waals surface area contributed by atoms with Crippen LogP contribution in [-0.4, -0.2) is 38.7 Å². The van der Waals surface area contributed by atoms with Gasteiger partial charge in [0.05, 0.1) is 12.2 Å². The summed E-state index contributed by atoms with van der Waals surface area (Å²) in [5.74, 6) is 1.58. The molecule has 1 aliphatic carbocycles. The fourth-order valence-electron chi connectivity index (χ4n) is 2.92. The van der Waals surface area contributed by atoms with E-state index in [1.807, 2.05) is 25.1 Å². The van der Waals surface area contributed by atoms with Gasteiger partial charge in [-0.15, -0.1) is 24.0 Å². The number of aromatic nitrogens is 1. The molecular formula is C17H29IN4OS. The molecule has 24 heavy (non-hydrogen) atoms. The summed E-state index contributed by atoms with van der Waals surface area (Å²) < 4.78 is 12.1. The number of nitrogens with one attached hydrogen (secondary N) is 2. The van der Waals surface area contributed by atoms with Gasteiger partial charge >= 0.3 is 0 Å². The minimum atomic E-state index is -0.696. The Bertz CT molecular complexity index is 527. The van der Waals surface area contributed by atoms with Gasteiger partial charge in [0.25, 0.3) is 0 Å². The van der Waals surface area contributed by atoms with Crippen LogP contribution in [0.25, 0.3) is 0 Å². The zero-order chi connectivity index (χ0) is 16.5. The first-order valence-electron chi connectivity index (χ1n) is 8.54. The number of guanidine groups is 1. The summed E-state index contributed by atoms with van der Waals surface area (Å²) in [7, 11) is -0.696. The molecule has 1 heterocycles. The van der Waals surface area contributed by atoms with Gasteiger partial charge in [-0.25, -0.2) is 4.99 Å². The number of hydrogen-bond acceptors (Lipinski definition) is 3. The van der Waals surface area contributed by atoms with Crippen LogP contribution in [0, 0.1) is 0 Å². The Morgan fingerprint density at radius 2 is 2.21 bits per heavy atom. The Labute approximate surface area is 165 Å². The molecule has 2 N–H and O–H groups in total. The molecular weight excluding hydrogens is 435 g/mol. The molecule has 136 valence electrons. The van der Waals surface area contributed by atoms with Crippen molar-refractivity contribution < 1.29 is 4.21 Å². The van der Waals surface area contributed by atoms with E-state index in [4.69, 9.17) is 0 Å². The van der Waals surface area contributed by atoms with Crippen LogP contribution in [0.15, 0.2) is 29.4 Å². The Balaban J connectivity index is 0.00000288. The Hall–Kier alpha value is -0.700. The van der Waals surface area contributed by atoms with Gasteiger partial charge in [-0.1, -0.05) is 19.4 Å². The summed E-state index contributed by atoms with van der Waals surface area (Å²) in [6, 6.07) is 6.22. The maximum Gasteiger partial charge on any atom is 0.191 e. The van der Waals surface area contributed by atoms with E-state index in [-0.39, 0.29) is 24.0 Å². The Morgan fingerprint density at radius 1 is 1.38 bits per heavy atom. The highest BCUT2D eigenvalue weighted by molar-refractivity contribution is 14.0. The second-order valence-electron chi connectivity index (χ2n) is 5.82. The number of pyridine rings is 1. The molecule has 0 spiro atoms. The van der Waals surface area contributed by atoms with Crippen LogP contribution in [0.1, 0.15) is 45.2 Å². The maximum absolute atomic E-state index is 12.1. The highest BCUT2D eigenvalue weighted by atomic mass is 127. The van der Waals surface area contributed by atoms with Crippen LogP contribution in [0.2, 0.25) is 0 Å². The predicted molar refractivity (Wildman–Crippen MR) is 112 cm³/mol. The minimum absolute atomic E-state index is 0.